The molecule has 0 aromatic carbocycles. The third kappa shape index (κ3) is 32.4. The predicted molar refractivity (Wildman–Crippen MR) is 258 cm³/mol. The molecule has 1 aliphatic rings. The number of aliphatic hydroxyl groups excluding tert-OH is 5. The Morgan fingerprint density at radius 1 is 0.492 bits per heavy atom. The monoisotopic (exact) mass is 937 g/mol. The van der Waals surface area contributed by atoms with Crippen LogP contribution in [0, 0.1) is 0 Å². The van der Waals surface area contributed by atoms with Crippen LogP contribution >= 0.6 is 7.82 Å². The maximum absolute atomic E-state index is 12.8. The van der Waals surface area contributed by atoms with Crippen molar-refractivity contribution in [3.63, 3.8) is 0 Å². The third-order valence-electron chi connectivity index (χ3n) is 10.7. The van der Waals surface area contributed by atoms with Gasteiger partial charge in [0.05, 0.1) is 6.61 Å². The molecule has 0 aromatic rings. The highest BCUT2D eigenvalue weighted by Gasteiger charge is 2.51. The topological polar surface area (TPSA) is 210 Å². The van der Waals surface area contributed by atoms with Gasteiger partial charge in [-0.1, -0.05) is 150 Å². The van der Waals surface area contributed by atoms with Crippen molar-refractivity contribution in [2.45, 2.75) is 211 Å². The van der Waals surface area contributed by atoms with Gasteiger partial charge in [0.2, 0.25) is 0 Å². The van der Waals surface area contributed by atoms with Gasteiger partial charge in [-0.15, -0.1) is 0 Å². The number of esters is 2. The van der Waals surface area contributed by atoms with Crippen LogP contribution in [0.25, 0.3) is 0 Å². The van der Waals surface area contributed by atoms with E-state index in [1.54, 1.807) is 0 Å². The number of phosphoric ester groups is 1. The van der Waals surface area contributed by atoms with Gasteiger partial charge in [0, 0.05) is 12.8 Å². The van der Waals surface area contributed by atoms with Gasteiger partial charge >= 0.3 is 19.8 Å². The molecule has 0 heterocycles. The van der Waals surface area contributed by atoms with Gasteiger partial charge in [-0.25, -0.2) is 4.57 Å². The Morgan fingerprint density at radius 2 is 0.877 bits per heavy atom. The molecule has 0 aromatic heterocycles. The van der Waals surface area contributed by atoms with Gasteiger partial charge < -0.3 is 39.9 Å². The average Bonchev–Trinajstić information content (AvgIpc) is 3.29. The SMILES string of the molecule is CC/C=C/C/C=C/C/C=C/C/C=C/C/C=C/CCCCCC(=O)OC[C@@H](COP(=O)(O)OC1C(O)C(O)C(O)[C@H](O)C1O)OC(=O)CCCCCCCCC/C=C/C/C=C/CCCCC. The lowest BCUT2D eigenvalue weighted by Crippen LogP contribution is -2.64. The molecule has 6 N–H and O–H groups in total. The summed E-state index contributed by atoms with van der Waals surface area (Å²) in [7, 11) is -5.14. The molecule has 0 radical (unpaired) electrons. The Balaban J connectivity index is 2.47. The Kier molecular flexibility index (Phi) is 37.1. The maximum Gasteiger partial charge on any atom is 0.472 e. The number of phosphoric acid groups is 1. The molecule has 8 atom stereocenters. The van der Waals surface area contributed by atoms with Crippen LogP contribution in [0.5, 0.6) is 0 Å². The molecule has 0 spiro atoms. The van der Waals surface area contributed by atoms with Gasteiger partial charge in [-0.3, -0.25) is 18.6 Å². The summed E-state index contributed by atoms with van der Waals surface area (Å²) in [6.07, 6.45) is 39.1. The van der Waals surface area contributed by atoms with Crippen molar-refractivity contribution < 1.29 is 63.1 Å². The average molecular weight is 937 g/mol. The van der Waals surface area contributed by atoms with Crippen molar-refractivity contribution in [2.24, 2.45) is 0 Å². The summed E-state index contributed by atoms with van der Waals surface area (Å²) in [6.45, 7) is 3.12. The minimum atomic E-state index is -5.14. The number of ether oxygens (including phenoxy) is 2. The minimum Gasteiger partial charge on any atom is -0.462 e. The van der Waals surface area contributed by atoms with Gasteiger partial charge in [0.15, 0.2) is 6.10 Å². The Hall–Kier alpha value is -2.97. The first kappa shape index (κ1) is 60.0. The third-order valence-corrected chi connectivity index (χ3v) is 11.7. The van der Waals surface area contributed by atoms with Crippen LogP contribution in [0.4, 0.5) is 0 Å². The first-order valence-electron chi connectivity index (χ1n) is 24.4. The molecular weight excluding hydrogens is 852 g/mol. The zero-order valence-corrected chi connectivity index (χ0v) is 40.4. The van der Waals surface area contributed by atoms with E-state index >= 15 is 0 Å². The first-order valence-corrected chi connectivity index (χ1v) is 25.9. The summed E-state index contributed by atoms with van der Waals surface area (Å²) in [5, 5.41) is 50.2. The van der Waals surface area contributed by atoms with Gasteiger partial charge in [-0.05, 0) is 89.9 Å². The van der Waals surface area contributed by atoms with E-state index < -0.39 is 75.7 Å². The maximum atomic E-state index is 12.8. The summed E-state index contributed by atoms with van der Waals surface area (Å²) in [4.78, 5) is 35.8. The molecule has 0 amide bonds. The number of rotatable bonds is 39. The number of carbonyl (C=O) groups excluding carboxylic acids is 2. The van der Waals surface area contributed by atoms with Crippen molar-refractivity contribution in [2.75, 3.05) is 13.2 Å². The fraction of sp³-hybridized carbons (Fsp3) is 0.686. The largest absolute Gasteiger partial charge is 0.472 e. The summed E-state index contributed by atoms with van der Waals surface area (Å²) in [5.41, 5.74) is 0. The van der Waals surface area contributed by atoms with E-state index in [0.717, 1.165) is 109 Å². The highest BCUT2D eigenvalue weighted by molar-refractivity contribution is 7.47. The molecule has 0 bridgehead atoms. The van der Waals surface area contributed by atoms with E-state index in [1.807, 2.05) is 0 Å². The molecule has 1 rings (SSSR count). The number of hydrogen-bond donors (Lipinski definition) is 6. The van der Waals surface area contributed by atoms with Crippen molar-refractivity contribution in [1.82, 2.24) is 0 Å². The number of unbranched alkanes of at least 4 members (excludes halogenated alkanes) is 13. The van der Waals surface area contributed by atoms with Crippen LogP contribution in [0.2, 0.25) is 0 Å². The van der Waals surface area contributed by atoms with Gasteiger partial charge in [-0.2, -0.15) is 0 Å². The van der Waals surface area contributed by atoms with Crippen LogP contribution in [0.15, 0.2) is 85.1 Å². The fourth-order valence-electron chi connectivity index (χ4n) is 6.81. The molecule has 14 heteroatoms. The lowest BCUT2D eigenvalue weighted by atomic mass is 9.85. The molecule has 65 heavy (non-hydrogen) atoms. The zero-order chi connectivity index (χ0) is 47.8. The second-order valence-electron chi connectivity index (χ2n) is 16.6. The van der Waals surface area contributed by atoms with Crippen molar-refractivity contribution in [3.05, 3.63) is 85.1 Å². The number of hydrogen-bond acceptors (Lipinski definition) is 12. The van der Waals surface area contributed by atoms with Crippen LogP contribution < -0.4 is 0 Å². The molecule has 1 saturated carbocycles. The Morgan fingerprint density at radius 3 is 1.35 bits per heavy atom. The highest BCUT2D eigenvalue weighted by Crippen LogP contribution is 2.47. The molecule has 0 aliphatic heterocycles. The summed E-state index contributed by atoms with van der Waals surface area (Å²) >= 11 is 0. The lowest BCUT2D eigenvalue weighted by molar-refractivity contribution is -0.220. The quantitative estimate of drug-likeness (QED) is 0.0147. The van der Waals surface area contributed by atoms with E-state index in [4.69, 9.17) is 18.5 Å². The second kappa shape index (κ2) is 40.1. The first-order chi connectivity index (χ1) is 31.4. The molecule has 372 valence electrons. The van der Waals surface area contributed by atoms with Crippen LogP contribution in [-0.4, -0.2) is 98.3 Å². The van der Waals surface area contributed by atoms with E-state index in [2.05, 4.69) is 98.9 Å². The lowest BCUT2D eigenvalue weighted by Gasteiger charge is -2.41. The van der Waals surface area contributed by atoms with E-state index in [1.165, 1.54) is 19.3 Å². The number of allylic oxidation sites excluding steroid dienone is 14. The van der Waals surface area contributed by atoms with E-state index in [-0.39, 0.29) is 12.8 Å². The highest BCUT2D eigenvalue weighted by atomic mass is 31.2. The van der Waals surface area contributed by atoms with Crippen molar-refractivity contribution >= 4 is 19.8 Å². The summed E-state index contributed by atoms with van der Waals surface area (Å²) < 4.78 is 33.6. The molecule has 0 saturated heterocycles. The predicted octanol–water partition coefficient (Wildman–Crippen LogP) is 10.1. The smallest absolute Gasteiger partial charge is 0.462 e. The Labute approximate surface area is 390 Å². The molecule has 1 aliphatic carbocycles. The van der Waals surface area contributed by atoms with Crippen molar-refractivity contribution in [3.8, 4) is 0 Å². The van der Waals surface area contributed by atoms with Crippen LogP contribution in [0.3, 0.4) is 0 Å². The molecule has 13 nitrogen and oxygen atoms in total. The molecular formula is C51H85O13P. The fourth-order valence-corrected chi connectivity index (χ4v) is 7.79. The minimum absolute atomic E-state index is 0.0754. The van der Waals surface area contributed by atoms with Crippen molar-refractivity contribution in [1.29, 1.82) is 0 Å². The molecule has 1 fully saturated rings. The van der Waals surface area contributed by atoms with Crippen LogP contribution in [0.1, 0.15) is 168 Å². The van der Waals surface area contributed by atoms with Gasteiger partial charge in [0.25, 0.3) is 0 Å². The van der Waals surface area contributed by atoms with Gasteiger partial charge in [0.1, 0.15) is 43.2 Å². The Bertz CT molecular complexity index is 1460. The normalized spacial score (nSPS) is 22.2. The number of aliphatic hydroxyl groups is 5. The standard InChI is InChI=1S/C51H85O13P/c1-3-5-7-9-11-13-15-17-19-21-22-24-25-27-29-31-33-35-37-39-44(52)61-41-43(42-62-65(59,60)64-51-49(57)47(55)46(54)48(56)50(51)58)63-45(53)40-38-36-34-32-30-28-26-23-20-18-16-14-12-10-8-6-4-2/h5,7,11-14,17-20,22,24,27,29,43,46-51,54-58H,3-4,6,8-10,15-16,21,23,25-26,28,30-42H2,1-2H3,(H,59,60)/b7-5+,13-11+,14-12+,19-17+,20-18+,24-22+,29-27+/t43-,46?,47-,48?,49?,50?,51?/m0/s1. The van der Waals surface area contributed by atoms with E-state index in [9.17, 15) is 44.6 Å². The number of carbonyl (C=O) groups is 2. The van der Waals surface area contributed by atoms with E-state index in [0.29, 0.717) is 12.8 Å². The molecule has 6 unspecified atom stereocenters. The summed E-state index contributed by atoms with van der Waals surface area (Å²) in [6, 6.07) is 0. The zero-order valence-electron chi connectivity index (χ0n) is 39.5. The second-order valence-corrected chi connectivity index (χ2v) is 18.0. The summed E-state index contributed by atoms with van der Waals surface area (Å²) in [5.74, 6) is -1.15. The van der Waals surface area contributed by atoms with Crippen LogP contribution in [-0.2, 0) is 32.7 Å².